The molecular weight excluding hydrogens is 636 g/mol. The molecule has 4 aromatic rings. The zero-order chi connectivity index (χ0) is 32.4. The average molecular weight is 671 g/mol. The fourth-order valence-corrected chi connectivity index (χ4v) is 6.71. The summed E-state index contributed by atoms with van der Waals surface area (Å²) < 4.78 is 42.8. The van der Waals surface area contributed by atoms with Crippen LogP contribution in [-0.4, -0.2) is 44.3 Å². The van der Waals surface area contributed by atoms with Crippen molar-refractivity contribution in [3.05, 3.63) is 130 Å². The van der Waals surface area contributed by atoms with Crippen LogP contribution in [-0.2, 0) is 32.6 Å². The SMILES string of the molecule is CCCCNC(=O)[C@H](Cc1ccccc1)N(Cc1ccc(F)cc1)C(=O)CN(c1cc(Cl)cc(Cl)c1)S(=O)(=O)c1ccccc1. The molecule has 0 radical (unpaired) electrons. The highest BCUT2D eigenvalue weighted by molar-refractivity contribution is 7.92. The Hall–Kier alpha value is -3.92. The first-order valence-corrected chi connectivity index (χ1v) is 16.7. The zero-order valence-corrected chi connectivity index (χ0v) is 27.0. The highest BCUT2D eigenvalue weighted by Crippen LogP contribution is 2.30. The van der Waals surface area contributed by atoms with Crippen LogP contribution in [0.3, 0.4) is 0 Å². The highest BCUT2D eigenvalue weighted by atomic mass is 35.5. The summed E-state index contributed by atoms with van der Waals surface area (Å²) in [5.41, 5.74) is 1.45. The second kappa shape index (κ2) is 15.9. The number of rotatable bonds is 14. The van der Waals surface area contributed by atoms with E-state index < -0.39 is 34.3 Å². The van der Waals surface area contributed by atoms with Gasteiger partial charge in [-0.25, -0.2) is 12.8 Å². The molecule has 4 aromatic carbocycles. The molecule has 0 aromatic heterocycles. The molecule has 4 rings (SSSR count). The monoisotopic (exact) mass is 669 g/mol. The summed E-state index contributed by atoms with van der Waals surface area (Å²) in [6.07, 6.45) is 1.77. The second-order valence-electron chi connectivity index (χ2n) is 10.5. The molecule has 0 aliphatic rings. The summed E-state index contributed by atoms with van der Waals surface area (Å²) in [7, 11) is -4.30. The maximum atomic E-state index is 14.4. The maximum absolute atomic E-state index is 14.4. The van der Waals surface area contributed by atoms with Crippen molar-refractivity contribution in [2.45, 2.75) is 43.7 Å². The number of benzene rings is 4. The van der Waals surface area contributed by atoms with E-state index in [1.54, 1.807) is 18.2 Å². The Morgan fingerprint density at radius 3 is 2.04 bits per heavy atom. The maximum Gasteiger partial charge on any atom is 0.264 e. The van der Waals surface area contributed by atoms with Crippen LogP contribution in [0.2, 0.25) is 10.0 Å². The topological polar surface area (TPSA) is 86.8 Å². The smallest absolute Gasteiger partial charge is 0.264 e. The van der Waals surface area contributed by atoms with Crippen LogP contribution in [0.1, 0.15) is 30.9 Å². The van der Waals surface area contributed by atoms with Crippen LogP contribution >= 0.6 is 23.2 Å². The van der Waals surface area contributed by atoms with E-state index >= 15 is 0 Å². The van der Waals surface area contributed by atoms with Crippen molar-refractivity contribution >= 4 is 50.7 Å². The normalized spacial score (nSPS) is 11.9. The summed E-state index contributed by atoms with van der Waals surface area (Å²) in [5.74, 6) is -1.49. The molecule has 7 nitrogen and oxygen atoms in total. The van der Waals surface area contributed by atoms with Gasteiger partial charge in [0, 0.05) is 29.6 Å². The molecule has 1 atom stereocenters. The molecular formula is C34H34Cl2FN3O4S. The standard InChI is InChI=1S/C34H34Cl2FN3O4S/c1-2-3-18-38-34(42)32(19-25-10-6-4-7-11-25)39(23-26-14-16-29(37)17-15-26)33(41)24-40(30-21-27(35)20-28(36)22-30)45(43,44)31-12-8-5-9-13-31/h4-17,20-22,32H,2-3,18-19,23-24H2,1H3,(H,38,42)/t32-/m0/s1. The number of amides is 2. The number of carbonyl (C=O) groups excluding carboxylic acids is 2. The molecule has 0 saturated heterocycles. The average Bonchev–Trinajstić information content (AvgIpc) is 3.02. The van der Waals surface area contributed by atoms with Gasteiger partial charge in [0.05, 0.1) is 10.6 Å². The molecule has 0 aliphatic carbocycles. The molecule has 0 unspecified atom stereocenters. The molecule has 0 heterocycles. The molecule has 0 bridgehead atoms. The summed E-state index contributed by atoms with van der Waals surface area (Å²) in [4.78, 5) is 29.5. The van der Waals surface area contributed by atoms with Crippen molar-refractivity contribution < 1.29 is 22.4 Å². The third kappa shape index (κ3) is 9.29. The van der Waals surface area contributed by atoms with Gasteiger partial charge in [-0.3, -0.25) is 13.9 Å². The van der Waals surface area contributed by atoms with Gasteiger partial charge < -0.3 is 10.2 Å². The Balaban J connectivity index is 1.80. The lowest BCUT2D eigenvalue weighted by atomic mass is 10.0. The van der Waals surface area contributed by atoms with Gasteiger partial charge in [-0.2, -0.15) is 0 Å². The Bertz CT molecular complexity index is 1670. The molecule has 0 fully saturated rings. The molecule has 2 amide bonds. The van der Waals surface area contributed by atoms with E-state index in [1.807, 2.05) is 37.3 Å². The molecule has 11 heteroatoms. The van der Waals surface area contributed by atoms with Crippen LogP contribution in [0, 0.1) is 5.82 Å². The fraction of sp³-hybridized carbons (Fsp3) is 0.235. The summed E-state index contributed by atoms with van der Waals surface area (Å²) in [6.45, 7) is 1.67. The van der Waals surface area contributed by atoms with Gasteiger partial charge in [-0.1, -0.05) is 97.2 Å². The van der Waals surface area contributed by atoms with Gasteiger partial charge in [-0.05, 0) is 60.0 Å². The van der Waals surface area contributed by atoms with Crippen LogP contribution < -0.4 is 9.62 Å². The number of halogens is 3. The van der Waals surface area contributed by atoms with Gasteiger partial charge >= 0.3 is 0 Å². The van der Waals surface area contributed by atoms with E-state index in [0.29, 0.717) is 12.1 Å². The number of carbonyl (C=O) groups is 2. The van der Waals surface area contributed by atoms with E-state index in [9.17, 15) is 22.4 Å². The lowest BCUT2D eigenvalue weighted by Crippen LogP contribution is -2.53. The number of nitrogens with one attached hydrogen (secondary N) is 1. The van der Waals surface area contributed by atoms with E-state index in [1.165, 1.54) is 59.5 Å². The van der Waals surface area contributed by atoms with Crippen molar-refractivity contribution in [2.75, 3.05) is 17.4 Å². The number of hydrogen-bond acceptors (Lipinski definition) is 4. The van der Waals surface area contributed by atoms with Gasteiger partial charge in [-0.15, -0.1) is 0 Å². The number of sulfonamides is 1. The van der Waals surface area contributed by atoms with Gasteiger partial charge in [0.25, 0.3) is 10.0 Å². The predicted octanol–water partition coefficient (Wildman–Crippen LogP) is 6.88. The Kier molecular flexibility index (Phi) is 12.0. The number of anilines is 1. The first-order valence-electron chi connectivity index (χ1n) is 14.5. The summed E-state index contributed by atoms with van der Waals surface area (Å²) in [6, 6.07) is 25.8. The third-order valence-corrected chi connectivity index (χ3v) is 9.34. The minimum Gasteiger partial charge on any atom is -0.354 e. The van der Waals surface area contributed by atoms with E-state index in [2.05, 4.69) is 5.32 Å². The summed E-state index contributed by atoms with van der Waals surface area (Å²) >= 11 is 12.5. The molecule has 0 aliphatic heterocycles. The van der Waals surface area contributed by atoms with Crippen molar-refractivity contribution in [2.24, 2.45) is 0 Å². The van der Waals surface area contributed by atoms with E-state index in [0.717, 1.165) is 22.7 Å². The van der Waals surface area contributed by atoms with E-state index in [4.69, 9.17) is 23.2 Å². The Labute approximate surface area is 273 Å². The third-order valence-electron chi connectivity index (χ3n) is 7.11. The number of hydrogen-bond donors (Lipinski definition) is 1. The first-order chi connectivity index (χ1) is 21.6. The predicted molar refractivity (Wildman–Crippen MR) is 176 cm³/mol. The van der Waals surface area contributed by atoms with Crippen LogP contribution in [0.25, 0.3) is 0 Å². The highest BCUT2D eigenvalue weighted by Gasteiger charge is 2.34. The van der Waals surface area contributed by atoms with Gasteiger partial charge in [0.2, 0.25) is 11.8 Å². The lowest BCUT2D eigenvalue weighted by molar-refractivity contribution is -0.140. The fourth-order valence-electron chi connectivity index (χ4n) is 4.78. The molecule has 0 spiro atoms. The molecule has 1 N–H and O–H groups in total. The van der Waals surface area contributed by atoms with E-state index in [-0.39, 0.29) is 39.5 Å². The number of unbranched alkanes of at least 4 members (excludes halogenated alkanes) is 1. The Morgan fingerprint density at radius 2 is 1.44 bits per heavy atom. The largest absolute Gasteiger partial charge is 0.354 e. The first kappa shape index (κ1) is 34.0. The van der Waals surface area contributed by atoms with Gasteiger partial charge in [0.15, 0.2) is 0 Å². The van der Waals surface area contributed by atoms with Crippen LogP contribution in [0.15, 0.2) is 108 Å². The molecule has 236 valence electrons. The minimum absolute atomic E-state index is 0.0443. The molecule has 0 saturated carbocycles. The Morgan fingerprint density at radius 1 is 0.844 bits per heavy atom. The van der Waals surface area contributed by atoms with Crippen molar-refractivity contribution in [1.82, 2.24) is 10.2 Å². The van der Waals surface area contributed by atoms with Crippen molar-refractivity contribution in [3.8, 4) is 0 Å². The van der Waals surface area contributed by atoms with Crippen molar-refractivity contribution in [3.63, 3.8) is 0 Å². The van der Waals surface area contributed by atoms with Gasteiger partial charge in [0.1, 0.15) is 18.4 Å². The second-order valence-corrected chi connectivity index (χ2v) is 13.2. The van der Waals surface area contributed by atoms with Crippen molar-refractivity contribution in [1.29, 1.82) is 0 Å². The van der Waals surface area contributed by atoms with Crippen LogP contribution in [0.5, 0.6) is 0 Å². The zero-order valence-electron chi connectivity index (χ0n) is 24.7. The lowest BCUT2D eigenvalue weighted by Gasteiger charge is -2.34. The molecule has 45 heavy (non-hydrogen) atoms. The van der Waals surface area contributed by atoms with Crippen LogP contribution in [0.4, 0.5) is 10.1 Å². The summed E-state index contributed by atoms with van der Waals surface area (Å²) in [5, 5.41) is 3.29. The minimum atomic E-state index is -4.30. The quantitative estimate of drug-likeness (QED) is 0.148. The number of nitrogens with zero attached hydrogens (tertiary/aromatic N) is 2.